The van der Waals surface area contributed by atoms with Crippen molar-refractivity contribution in [2.24, 2.45) is 0 Å². The van der Waals surface area contributed by atoms with Gasteiger partial charge in [0, 0.05) is 0 Å². The van der Waals surface area contributed by atoms with Crippen LogP contribution in [0.5, 0.6) is 0 Å². The molecule has 0 saturated carbocycles. The highest BCUT2D eigenvalue weighted by Crippen LogP contribution is 2.28. The standard InChI is InChI=1S/C15H23NO2/c1-6-16-15(4,10-14(17)18-5)13-9-11(2)7-8-12(13)3/h7-9,16H,6,10H2,1-5H3. The maximum atomic E-state index is 11.6. The van der Waals surface area contributed by atoms with Crippen LogP contribution in [0.15, 0.2) is 18.2 Å². The summed E-state index contributed by atoms with van der Waals surface area (Å²) in [4.78, 5) is 11.6. The number of hydrogen-bond acceptors (Lipinski definition) is 3. The number of ether oxygens (including phenoxy) is 1. The van der Waals surface area contributed by atoms with Gasteiger partial charge >= 0.3 is 5.97 Å². The van der Waals surface area contributed by atoms with E-state index in [0.717, 1.165) is 12.1 Å². The molecule has 1 aromatic rings. The molecule has 3 heteroatoms. The second kappa shape index (κ2) is 6.01. The van der Waals surface area contributed by atoms with Crippen LogP contribution >= 0.6 is 0 Å². The second-order valence-electron chi connectivity index (χ2n) is 4.93. The van der Waals surface area contributed by atoms with Crippen LogP contribution < -0.4 is 5.32 Å². The van der Waals surface area contributed by atoms with Crippen LogP contribution in [0.25, 0.3) is 0 Å². The fourth-order valence-electron chi connectivity index (χ4n) is 2.33. The van der Waals surface area contributed by atoms with Gasteiger partial charge in [-0.3, -0.25) is 4.79 Å². The van der Waals surface area contributed by atoms with Crippen molar-refractivity contribution < 1.29 is 9.53 Å². The van der Waals surface area contributed by atoms with Crippen LogP contribution in [-0.4, -0.2) is 19.6 Å². The van der Waals surface area contributed by atoms with Crippen LogP contribution in [0.1, 0.15) is 37.0 Å². The van der Waals surface area contributed by atoms with Crippen molar-refractivity contribution in [1.82, 2.24) is 5.32 Å². The molecule has 0 aliphatic rings. The summed E-state index contributed by atoms with van der Waals surface area (Å²) in [5.41, 5.74) is 3.17. The highest BCUT2D eigenvalue weighted by atomic mass is 16.5. The summed E-state index contributed by atoms with van der Waals surface area (Å²) in [6, 6.07) is 6.32. The average Bonchev–Trinajstić information content (AvgIpc) is 2.32. The fourth-order valence-corrected chi connectivity index (χ4v) is 2.33. The Labute approximate surface area is 110 Å². The van der Waals surface area contributed by atoms with Gasteiger partial charge in [0.05, 0.1) is 19.1 Å². The monoisotopic (exact) mass is 249 g/mol. The molecule has 0 saturated heterocycles. The molecule has 1 atom stereocenters. The van der Waals surface area contributed by atoms with Crippen LogP contribution in [0, 0.1) is 13.8 Å². The van der Waals surface area contributed by atoms with Gasteiger partial charge in [0.1, 0.15) is 0 Å². The van der Waals surface area contributed by atoms with Gasteiger partial charge in [-0.2, -0.15) is 0 Å². The minimum absolute atomic E-state index is 0.195. The summed E-state index contributed by atoms with van der Waals surface area (Å²) in [6.45, 7) is 9.03. The van der Waals surface area contributed by atoms with Crippen molar-refractivity contribution in [1.29, 1.82) is 0 Å². The van der Waals surface area contributed by atoms with E-state index in [9.17, 15) is 4.79 Å². The minimum atomic E-state index is -0.377. The third kappa shape index (κ3) is 3.33. The van der Waals surface area contributed by atoms with Crippen LogP contribution in [-0.2, 0) is 15.1 Å². The lowest BCUT2D eigenvalue weighted by molar-refractivity contribution is -0.142. The molecule has 0 aliphatic carbocycles. The molecule has 0 bridgehead atoms. The van der Waals surface area contributed by atoms with Crippen molar-refractivity contribution >= 4 is 5.97 Å². The van der Waals surface area contributed by atoms with Crippen LogP contribution in [0.4, 0.5) is 0 Å². The maximum absolute atomic E-state index is 11.6. The van der Waals surface area contributed by atoms with Gasteiger partial charge in [0.15, 0.2) is 0 Å². The fraction of sp³-hybridized carbons (Fsp3) is 0.533. The topological polar surface area (TPSA) is 38.3 Å². The molecule has 0 aromatic heterocycles. The van der Waals surface area contributed by atoms with Gasteiger partial charge in [0.25, 0.3) is 0 Å². The lowest BCUT2D eigenvalue weighted by Crippen LogP contribution is -2.42. The third-order valence-corrected chi connectivity index (χ3v) is 3.28. The summed E-state index contributed by atoms with van der Waals surface area (Å²) in [6.07, 6.45) is 0.335. The molecule has 0 spiro atoms. The highest BCUT2D eigenvalue weighted by Gasteiger charge is 2.30. The van der Waals surface area contributed by atoms with E-state index in [2.05, 4.69) is 44.3 Å². The Morgan fingerprint density at radius 1 is 1.39 bits per heavy atom. The molecule has 1 N–H and O–H groups in total. The van der Waals surface area contributed by atoms with Crippen molar-refractivity contribution in [2.75, 3.05) is 13.7 Å². The van der Waals surface area contributed by atoms with E-state index in [1.165, 1.54) is 18.2 Å². The van der Waals surface area contributed by atoms with E-state index in [0.29, 0.717) is 6.42 Å². The molecule has 0 heterocycles. The van der Waals surface area contributed by atoms with Gasteiger partial charge in [0.2, 0.25) is 0 Å². The first-order valence-corrected chi connectivity index (χ1v) is 6.32. The zero-order valence-electron chi connectivity index (χ0n) is 12.0. The Bertz CT molecular complexity index is 429. The first kappa shape index (κ1) is 14.7. The second-order valence-corrected chi connectivity index (χ2v) is 4.93. The summed E-state index contributed by atoms with van der Waals surface area (Å²) in [5, 5.41) is 3.41. The molecule has 0 amide bonds. The van der Waals surface area contributed by atoms with Crippen LogP contribution in [0.2, 0.25) is 0 Å². The lowest BCUT2D eigenvalue weighted by atomic mass is 9.84. The van der Waals surface area contributed by atoms with Gasteiger partial charge in [-0.25, -0.2) is 0 Å². The van der Waals surface area contributed by atoms with E-state index in [1.54, 1.807) is 0 Å². The normalized spacial score (nSPS) is 14.1. The summed E-state index contributed by atoms with van der Waals surface area (Å²) in [7, 11) is 1.43. The molecule has 0 fully saturated rings. The number of aryl methyl sites for hydroxylation is 2. The predicted octanol–water partition coefficient (Wildman–Crippen LogP) is 2.69. The van der Waals surface area contributed by atoms with Gasteiger partial charge in [-0.1, -0.05) is 30.7 Å². The number of hydrogen-bond donors (Lipinski definition) is 1. The van der Waals surface area contributed by atoms with Crippen molar-refractivity contribution in [2.45, 2.75) is 39.7 Å². The number of methoxy groups -OCH3 is 1. The summed E-state index contributed by atoms with van der Waals surface area (Å²) >= 11 is 0. The maximum Gasteiger partial charge on any atom is 0.307 e. The molecule has 0 aliphatic heterocycles. The Kier molecular flexibility index (Phi) is 4.91. The quantitative estimate of drug-likeness (QED) is 0.815. The number of carbonyl (C=O) groups is 1. The predicted molar refractivity (Wildman–Crippen MR) is 73.6 cm³/mol. The van der Waals surface area contributed by atoms with E-state index >= 15 is 0 Å². The van der Waals surface area contributed by atoms with E-state index in [4.69, 9.17) is 4.74 Å². The van der Waals surface area contributed by atoms with Gasteiger partial charge in [-0.05, 0) is 38.4 Å². The number of nitrogens with one attached hydrogen (secondary N) is 1. The molecule has 100 valence electrons. The summed E-state index contributed by atoms with van der Waals surface area (Å²) < 4.78 is 4.80. The molecule has 1 rings (SSSR count). The Balaban J connectivity index is 3.17. The zero-order valence-corrected chi connectivity index (χ0v) is 12.0. The van der Waals surface area contributed by atoms with Crippen LogP contribution in [0.3, 0.4) is 0 Å². The highest BCUT2D eigenvalue weighted by molar-refractivity contribution is 5.71. The third-order valence-electron chi connectivity index (χ3n) is 3.28. The number of rotatable bonds is 5. The minimum Gasteiger partial charge on any atom is -0.469 e. The molecule has 18 heavy (non-hydrogen) atoms. The Hall–Kier alpha value is -1.35. The smallest absolute Gasteiger partial charge is 0.307 e. The van der Waals surface area contributed by atoms with E-state index in [-0.39, 0.29) is 11.5 Å². The van der Waals surface area contributed by atoms with Crippen molar-refractivity contribution in [3.63, 3.8) is 0 Å². The first-order chi connectivity index (χ1) is 8.42. The molecule has 1 aromatic carbocycles. The molecule has 3 nitrogen and oxygen atoms in total. The largest absolute Gasteiger partial charge is 0.469 e. The van der Waals surface area contributed by atoms with Crippen molar-refractivity contribution in [3.05, 3.63) is 34.9 Å². The number of esters is 1. The zero-order chi connectivity index (χ0) is 13.8. The first-order valence-electron chi connectivity index (χ1n) is 6.32. The molecular formula is C15H23NO2. The Morgan fingerprint density at radius 2 is 2.06 bits per heavy atom. The van der Waals surface area contributed by atoms with E-state index < -0.39 is 0 Å². The van der Waals surface area contributed by atoms with E-state index in [1.807, 2.05) is 6.92 Å². The SMILES string of the molecule is CCNC(C)(CC(=O)OC)c1cc(C)ccc1C. The number of benzene rings is 1. The Morgan fingerprint density at radius 3 is 2.61 bits per heavy atom. The molecule has 0 radical (unpaired) electrons. The lowest BCUT2D eigenvalue weighted by Gasteiger charge is -2.32. The average molecular weight is 249 g/mol. The molecular weight excluding hydrogens is 226 g/mol. The van der Waals surface area contributed by atoms with Gasteiger partial charge < -0.3 is 10.1 Å². The van der Waals surface area contributed by atoms with Crippen molar-refractivity contribution in [3.8, 4) is 0 Å². The number of carbonyl (C=O) groups excluding carboxylic acids is 1. The summed E-state index contributed by atoms with van der Waals surface area (Å²) in [5.74, 6) is -0.195. The molecule has 1 unspecified atom stereocenters. The van der Waals surface area contributed by atoms with Gasteiger partial charge in [-0.15, -0.1) is 0 Å².